The van der Waals surface area contributed by atoms with E-state index in [4.69, 9.17) is 0 Å². The Morgan fingerprint density at radius 1 is 1.20 bits per heavy atom. The molecule has 2 bridgehead atoms. The number of ketones is 2. The topological polar surface area (TPSA) is 34.1 Å². The summed E-state index contributed by atoms with van der Waals surface area (Å²) in [6, 6.07) is 9.17. The molecular weight excluding hydrogens is 248 g/mol. The third kappa shape index (κ3) is 1.57. The fourth-order valence-electron chi connectivity index (χ4n) is 3.92. The number of hydrogen-bond acceptors (Lipinski definition) is 2. The lowest BCUT2D eigenvalue weighted by molar-refractivity contribution is -0.125. The van der Waals surface area contributed by atoms with Crippen molar-refractivity contribution in [3.63, 3.8) is 0 Å². The highest BCUT2D eigenvalue weighted by Crippen LogP contribution is 2.65. The lowest BCUT2D eigenvalue weighted by Crippen LogP contribution is -2.32. The van der Waals surface area contributed by atoms with Crippen LogP contribution in [0.2, 0.25) is 0 Å². The first kappa shape index (κ1) is 13.3. The molecule has 104 valence electrons. The molecule has 0 aliphatic heterocycles. The first-order valence-electron chi connectivity index (χ1n) is 7.24. The molecule has 0 aromatic heterocycles. The fraction of sp³-hybridized carbons (Fsp3) is 0.444. The molecule has 1 aromatic carbocycles. The van der Waals surface area contributed by atoms with Crippen molar-refractivity contribution in [2.75, 3.05) is 0 Å². The van der Waals surface area contributed by atoms with Crippen molar-refractivity contribution in [2.45, 2.75) is 33.6 Å². The summed E-state index contributed by atoms with van der Waals surface area (Å²) >= 11 is 0. The Bertz CT molecular complexity index is 610. The van der Waals surface area contributed by atoms with Gasteiger partial charge in [0.05, 0.1) is 0 Å². The van der Waals surface area contributed by atoms with Gasteiger partial charge in [-0.1, -0.05) is 51.1 Å². The Kier molecular flexibility index (Phi) is 2.75. The van der Waals surface area contributed by atoms with Crippen molar-refractivity contribution in [1.29, 1.82) is 0 Å². The van der Waals surface area contributed by atoms with Crippen LogP contribution in [0.1, 0.15) is 44.0 Å². The molecule has 0 amide bonds. The van der Waals surface area contributed by atoms with Gasteiger partial charge in [-0.05, 0) is 30.3 Å². The molecule has 2 heteroatoms. The van der Waals surface area contributed by atoms with Crippen molar-refractivity contribution >= 4 is 11.6 Å². The summed E-state index contributed by atoms with van der Waals surface area (Å²) in [5.74, 6) is 0.358. The van der Waals surface area contributed by atoms with Crippen LogP contribution in [0.25, 0.3) is 0 Å². The van der Waals surface area contributed by atoms with E-state index in [0.717, 1.165) is 18.4 Å². The van der Waals surface area contributed by atoms with Crippen molar-refractivity contribution in [2.24, 2.45) is 16.7 Å². The van der Waals surface area contributed by atoms with Crippen LogP contribution in [-0.2, 0) is 4.79 Å². The van der Waals surface area contributed by atoms with Crippen LogP contribution in [0.4, 0.5) is 0 Å². The number of benzene rings is 1. The average Bonchev–Trinajstić information content (AvgIpc) is 2.74. The standard InChI is InChI=1S/C18H20O2/c1-17(2)14-9-10-18(17,3)16(20)13(14)11-15(19)12-7-5-4-6-8-12/h4-8,11,14H,9-10H2,1-3H3/b13-11-/t14-,18+/m0/s1. The summed E-state index contributed by atoms with van der Waals surface area (Å²) in [7, 11) is 0. The minimum absolute atomic E-state index is 0.0348. The number of carbonyl (C=O) groups is 2. The van der Waals surface area contributed by atoms with Gasteiger partial charge in [-0.3, -0.25) is 9.59 Å². The summed E-state index contributed by atoms with van der Waals surface area (Å²) < 4.78 is 0. The van der Waals surface area contributed by atoms with Gasteiger partial charge in [0.15, 0.2) is 11.6 Å². The summed E-state index contributed by atoms with van der Waals surface area (Å²) in [5.41, 5.74) is 1.07. The van der Waals surface area contributed by atoms with Crippen LogP contribution < -0.4 is 0 Å². The molecule has 3 rings (SSSR count). The first-order chi connectivity index (χ1) is 9.38. The molecule has 0 heterocycles. The van der Waals surface area contributed by atoms with Crippen molar-refractivity contribution in [1.82, 2.24) is 0 Å². The highest BCUT2D eigenvalue weighted by Gasteiger charge is 2.63. The second kappa shape index (κ2) is 4.15. The first-order valence-corrected chi connectivity index (χ1v) is 7.24. The maximum atomic E-state index is 12.7. The molecule has 2 saturated carbocycles. The summed E-state index contributed by atoms with van der Waals surface area (Å²) in [5, 5.41) is 0. The van der Waals surface area contributed by atoms with Gasteiger partial charge in [0, 0.05) is 16.6 Å². The number of Topliss-reactive ketones (excluding diaryl/α,β-unsaturated/α-hetero) is 1. The maximum absolute atomic E-state index is 12.7. The van der Waals surface area contributed by atoms with Crippen LogP contribution in [0.15, 0.2) is 42.0 Å². The third-order valence-corrected chi connectivity index (χ3v) is 5.71. The Morgan fingerprint density at radius 3 is 2.40 bits per heavy atom. The Balaban J connectivity index is 1.99. The normalized spacial score (nSPS) is 32.9. The van der Waals surface area contributed by atoms with Gasteiger partial charge in [-0.25, -0.2) is 0 Å². The van der Waals surface area contributed by atoms with Crippen molar-refractivity contribution in [3.8, 4) is 0 Å². The zero-order valence-electron chi connectivity index (χ0n) is 12.3. The van der Waals surface area contributed by atoms with E-state index in [9.17, 15) is 9.59 Å². The van der Waals surface area contributed by atoms with Crippen LogP contribution in [-0.4, -0.2) is 11.6 Å². The summed E-state index contributed by atoms with van der Waals surface area (Å²) in [6.07, 6.45) is 3.55. The predicted molar refractivity (Wildman–Crippen MR) is 78.5 cm³/mol. The average molecular weight is 268 g/mol. The van der Waals surface area contributed by atoms with Crippen LogP contribution in [0.5, 0.6) is 0 Å². The molecule has 0 saturated heterocycles. The highest BCUT2D eigenvalue weighted by atomic mass is 16.1. The molecule has 1 aromatic rings. The van der Waals surface area contributed by atoms with Gasteiger partial charge < -0.3 is 0 Å². The predicted octanol–water partition coefficient (Wildman–Crippen LogP) is 3.82. The number of rotatable bonds is 2. The molecular formula is C18H20O2. The fourth-order valence-corrected chi connectivity index (χ4v) is 3.92. The summed E-state index contributed by atoms with van der Waals surface area (Å²) in [4.78, 5) is 25.0. The van der Waals surface area contributed by atoms with Gasteiger partial charge in [-0.15, -0.1) is 0 Å². The SMILES string of the molecule is CC1(C)[C@H]2CC[C@]1(C)C(=O)/C2=C\C(=O)c1ccccc1. The molecule has 2 atom stereocenters. The zero-order chi connectivity index (χ0) is 14.5. The molecule has 20 heavy (non-hydrogen) atoms. The van der Waals surface area contributed by atoms with Crippen molar-refractivity contribution in [3.05, 3.63) is 47.5 Å². The van der Waals surface area contributed by atoms with E-state index in [-0.39, 0.29) is 28.3 Å². The number of carbonyl (C=O) groups excluding carboxylic acids is 2. The smallest absolute Gasteiger partial charge is 0.186 e. The second-order valence-electron chi connectivity index (χ2n) is 6.80. The van der Waals surface area contributed by atoms with Crippen LogP contribution in [0.3, 0.4) is 0 Å². The number of hydrogen-bond donors (Lipinski definition) is 0. The quantitative estimate of drug-likeness (QED) is 0.603. The molecule has 0 unspecified atom stereocenters. The molecule has 2 aliphatic carbocycles. The zero-order valence-corrected chi connectivity index (χ0v) is 12.3. The van der Waals surface area contributed by atoms with E-state index in [0.29, 0.717) is 5.56 Å². The monoisotopic (exact) mass is 268 g/mol. The van der Waals surface area contributed by atoms with Gasteiger partial charge in [0.1, 0.15) is 0 Å². The largest absolute Gasteiger partial charge is 0.294 e. The molecule has 2 aliphatic rings. The number of allylic oxidation sites excluding steroid dienone is 2. The van der Waals surface area contributed by atoms with Crippen LogP contribution >= 0.6 is 0 Å². The Hall–Kier alpha value is -1.70. The molecule has 0 radical (unpaired) electrons. The molecule has 0 spiro atoms. The van der Waals surface area contributed by atoms with E-state index < -0.39 is 0 Å². The minimum Gasteiger partial charge on any atom is -0.294 e. The van der Waals surface area contributed by atoms with Gasteiger partial charge in [0.25, 0.3) is 0 Å². The van der Waals surface area contributed by atoms with E-state index in [1.54, 1.807) is 18.2 Å². The minimum atomic E-state index is -0.291. The highest BCUT2D eigenvalue weighted by molar-refractivity contribution is 6.13. The molecule has 0 N–H and O–H groups in total. The van der Waals surface area contributed by atoms with E-state index in [1.165, 1.54) is 0 Å². The van der Waals surface area contributed by atoms with E-state index in [1.807, 2.05) is 18.2 Å². The second-order valence-corrected chi connectivity index (χ2v) is 6.80. The van der Waals surface area contributed by atoms with Gasteiger partial charge >= 0.3 is 0 Å². The lowest BCUT2D eigenvalue weighted by atomic mass is 9.70. The van der Waals surface area contributed by atoms with E-state index in [2.05, 4.69) is 20.8 Å². The molecule has 2 nitrogen and oxygen atoms in total. The Morgan fingerprint density at radius 2 is 1.85 bits per heavy atom. The Labute approximate surface area is 119 Å². The summed E-state index contributed by atoms with van der Waals surface area (Å²) in [6.45, 7) is 6.38. The van der Waals surface area contributed by atoms with Gasteiger partial charge in [-0.2, -0.15) is 0 Å². The van der Waals surface area contributed by atoms with Gasteiger partial charge in [0.2, 0.25) is 0 Å². The lowest BCUT2D eigenvalue weighted by Gasteiger charge is -2.31. The third-order valence-electron chi connectivity index (χ3n) is 5.71. The van der Waals surface area contributed by atoms with E-state index >= 15 is 0 Å². The number of fused-ring (bicyclic) bond motifs is 2. The molecule has 2 fully saturated rings. The van der Waals surface area contributed by atoms with Crippen LogP contribution in [0, 0.1) is 16.7 Å². The maximum Gasteiger partial charge on any atom is 0.186 e. The van der Waals surface area contributed by atoms with Crippen molar-refractivity contribution < 1.29 is 9.59 Å².